The number of hydrogen-bond donors (Lipinski definition) is 1. The van der Waals surface area contributed by atoms with Gasteiger partial charge in [-0.1, -0.05) is 25.9 Å². The van der Waals surface area contributed by atoms with E-state index in [9.17, 15) is 0 Å². The number of rotatable bonds is 0. The van der Waals surface area contributed by atoms with E-state index in [1.54, 1.807) is 0 Å². The van der Waals surface area contributed by atoms with Gasteiger partial charge in [-0.3, -0.25) is 0 Å². The van der Waals surface area contributed by atoms with Crippen LogP contribution in [0.3, 0.4) is 0 Å². The summed E-state index contributed by atoms with van der Waals surface area (Å²) in [4.78, 5) is 0. The van der Waals surface area contributed by atoms with Crippen molar-refractivity contribution in [3.8, 4) is 0 Å². The molecule has 0 aliphatic heterocycles. The lowest BCUT2D eigenvalue weighted by atomic mass is 9.65. The first kappa shape index (κ1) is 8.09. The summed E-state index contributed by atoms with van der Waals surface area (Å²) in [5.41, 5.74) is 1.54. The molecule has 2 bridgehead atoms. The topological polar surface area (TPSA) is 32.6 Å². The predicted octanol–water partition coefficient (Wildman–Crippen LogP) is 2.66. The Balaban J connectivity index is 2.45. The van der Waals surface area contributed by atoms with Gasteiger partial charge in [0.1, 0.15) is 0 Å². The SMILES string of the molecule is CC1(C)/C(=N\O)[C@@H]2CC[C@@]1(C)C2. The first-order valence-electron chi connectivity index (χ1n) is 4.74. The largest absolute Gasteiger partial charge is 0.411 e. The Labute approximate surface area is 73.7 Å². The average Bonchev–Trinajstić information content (AvgIpc) is 2.41. The van der Waals surface area contributed by atoms with E-state index < -0.39 is 0 Å². The molecule has 12 heavy (non-hydrogen) atoms. The first-order valence-corrected chi connectivity index (χ1v) is 4.74. The van der Waals surface area contributed by atoms with Gasteiger partial charge in [0.15, 0.2) is 0 Å². The quantitative estimate of drug-likeness (QED) is 0.436. The zero-order chi connectivity index (χ0) is 8.98. The van der Waals surface area contributed by atoms with E-state index in [0.717, 1.165) is 5.71 Å². The Morgan fingerprint density at radius 3 is 2.42 bits per heavy atom. The number of fused-ring (bicyclic) bond motifs is 2. The molecule has 2 rings (SSSR count). The average molecular weight is 167 g/mol. The van der Waals surface area contributed by atoms with E-state index in [1.807, 2.05) is 0 Å². The lowest BCUT2D eigenvalue weighted by molar-refractivity contribution is 0.179. The van der Waals surface area contributed by atoms with Crippen molar-refractivity contribution in [1.82, 2.24) is 0 Å². The highest BCUT2D eigenvalue weighted by atomic mass is 16.4. The fourth-order valence-electron chi connectivity index (χ4n) is 3.07. The third-order valence-corrected chi connectivity index (χ3v) is 4.39. The summed E-state index contributed by atoms with van der Waals surface area (Å²) in [6.45, 7) is 6.74. The molecule has 2 nitrogen and oxygen atoms in total. The Morgan fingerprint density at radius 1 is 1.42 bits per heavy atom. The fraction of sp³-hybridized carbons (Fsp3) is 0.900. The second-order valence-electron chi connectivity index (χ2n) is 5.11. The van der Waals surface area contributed by atoms with Crippen molar-refractivity contribution in [2.75, 3.05) is 0 Å². The molecule has 0 unspecified atom stereocenters. The third kappa shape index (κ3) is 0.686. The monoisotopic (exact) mass is 167 g/mol. The Bertz CT molecular complexity index is 244. The molecule has 2 fully saturated rings. The van der Waals surface area contributed by atoms with Crippen LogP contribution in [0.2, 0.25) is 0 Å². The van der Waals surface area contributed by atoms with Crippen LogP contribution in [0.15, 0.2) is 5.16 Å². The van der Waals surface area contributed by atoms with Gasteiger partial charge in [0.2, 0.25) is 0 Å². The lowest BCUT2D eigenvalue weighted by Crippen LogP contribution is -2.37. The molecule has 2 heteroatoms. The molecule has 0 aromatic rings. The van der Waals surface area contributed by atoms with Crippen LogP contribution in [0.1, 0.15) is 40.0 Å². The minimum Gasteiger partial charge on any atom is -0.411 e. The molecule has 2 aliphatic carbocycles. The Kier molecular flexibility index (Phi) is 1.37. The molecule has 0 aromatic heterocycles. The van der Waals surface area contributed by atoms with E-state index in [4.69, 9.17) is 5.21 Å². The summed E-state index contributed by atoms with van der Waals surface area (Å²) in [6, 6.07) is 0. The molecule has 0 radical (unpaired) electrons. The van der Waals surface area contributed by atoms with Crippen LogP contribution in [0, 0.1) is 16.7 Å². The Morgan fingerprint density at radius 2 is 2.08 bits per heavy atom. The van der Waals surface area contributed by atoms with Crippen molar-refractivity contribution in [3.63, 3.8) is 0 Å². The van der Waals surface area contributed by atoms with Crippen LogP contribution < -0.4 is 0 Å². The summed E-state index contributed by atoms with van der Waals surface area (Å²) in [5, 5.41) is 12.4. The minimum absolute atomic E-state index is 0.116. The molecule has 2 saturated carbocycles. The molecule has 0 saturated heterocycles. The van der Waals surface area contributed by atoms with Crippen LogP contribution in [0.4, 0.5) is 0 Å². The minimum atomic E-state index is 0.116. The van der Waals surface area contributed by atoms with Crippen molar-refractivity contribution in [1.29, 1.82) is 0 Å². The highest BCUT2D eigenvalue weighted by Crippen LogP contribution is 2.62. The molecule has 0 amide bonds. The molecule has 2 atom stereocenters. The van der Waals surface area contributed by atoms with Crippen molar-refractivity contribution in [2.45, 2.75) is 40.0 Å². The molecule has 0 spiro atoms. The molecule has 68 valence electrons. The maximum atomic E-state index is 8.93. The van der Waals surface area contributed by atoms with Gasteiger partial charge in [-0.05, 0) is 24.7 Å². The van der Waals surface area contributed by atoms with Gasteiger partial charge in [0, 0.05) is 11.3 Å². The number of nitrogens with zero attached hydrogens (tertiary/aromatic N) is 1. The summed E-state index contributed by atoms with van der Waals surface area (Å²) in [6.07, 6.45) is 3.74. The second kappa shape index (κ2) is 2.04. The molecular weight excluding hydrogens is 150 g/mol. The summed E-state index contributed by atoms with van der Waals surface area (Å²) in [5.74, 6) is 0.565. The third-order valence-electron chi connectivity index (χ3n) is 4.39. The smallest absolute Gasteiger partial charge is 0.0663 e. The van der Waals surface area contributed by atoms with Crippen molar-refractivity contribution < 1.29 is 5.21 Å². The first-order chi connectivity index (χ1) is 5.51. The number of oxime groups is 1. The zero-order valence-corrected chi connectivity index (χ0v) is 8.09. The normalized spacial score (nSPS) is 47.2. The zero-order valence-electron chi connectivity index (χ0n) is 8.09. The van der Waals surface area contributed by atoms with E-state index in [2.05, 4.69) is 25.9 Å². The summed E-state index contributed by atoms with van der Waals surface area (Å²) >= 11 is 0. The van der Waals surface area contributed by atoms with Crippen molar-refractivity contribution in [3.05, 3.63) is 0 Å². The summed E-state index contributed by atoms with van der Waals surface area (Å²) in [7, 11) is 0. The van der Waals surface area contributed by atoms with Gasteiger partial charge in [0.25, 0.3) is 0 Å². The standard InChI is InChI=1S/C10H17NO/c1-9(2)8(11-12)7-4-5-10(9,3)6-7/h7,12H,4-6H2,1-3H3/b11-8-/t7-,10+/m1/s1. The van der Waals surface area contributed by atoms with Crippen molar-refractivity contribution >= 4 is 5.71 Å². The molecular formula is C10H17NO. The van der Waals surface area contributed by atoms with Crippen LogP contribution in [-0.2, 0) is 0 Å². The van der Waals surface area contributed by atoms with E-state index in [1.165, 1.54) is 19.3 Å². The van der Waals surface area contributed by atoms with Gasteiger partial charge in [-0.2, -0.15) is 0 Å². The van der Waals surface area contributed by atoms with Gasteiger partial charge in [-0.25, -0.2) is 0 Å². The molecule has 0 aromatic carbocycles. The number of hydrogen-bond acceptors (Lipinski definition) is 2. The highest BCUT2D eigenvalue weighted by Gasteiger charge is 2.58. The molecule has 1 N–H and O–H groups in total. The van der Waals surface area contributed by atoms with Crippen LogP contribution >= 0.6 is 0 Å². The predicted molar refractivity (Wildman–Crippen MR) is 48.5 cm³/mol. The van der Waals surface area contributed by atoms with Gasteiger partial charge in [0.05, 0.1) is 5.71 Å². The van der Waals surface area contributed by atoms with Crippen molar-refractivity contribution in [2.24, 2.45) is 21.9 Å². The fourth-order valence-corrected chi connectivity index (χ4v) is 3.07. The lowest BCUT2D eigenvalue weighted by Gasteiger charge is -2.39. The van der Waals surface area contributed by atoms with Gasteiger partial charge >= 0.3 is 0 Å². The van der Waals surface area contributed by atoms with Crippen LogP contribution in [0.5, 0.6) is 0 Å². The van der Waals surface area contributed by atoms with Gasteiger partial charge < -0.3 is 5.21 Å². The van der Waals surface area contributed by atoms with E-state index in [0.29, 0.717) is 11.3 Å². The molecule has 2 aliphatic rings. The maximum Gasteiger partial charge on any atom is 0.0663 e. The van der Waals surface area contributed by atoms with E-state index >= 15 is 0 Å². The van der Waals surface area contributed by atoms with E-state index in [-0.39, 0.29) is 5.41 Å². The Hall–Kier alpha value is -0.530. The van der Waals surface area contributed by atoms with Crippen LogP contribution in [0.25, 0.3) is 0 Å². The summed E-state index contributed by atoms with van der Waals surface area (Å²) < 4.78 is 0. The second-order valence-corrected chi connectivity index (χ2v) is 5.11. The van der Waals surface area contributed by atoms with Crippen LogP contribution in [-0.4, -0.2) is 10.9 Å². The highest BCUT2D eigenvalue weighted by molar-refractivity contribution is 5.95. The van der Waals surface area contributed by atoms with Gasteiger partial charge in [-0.15, -0.1) is 0 Å². The molecule has 0 heterocycles. The maximum absolute atomic E-state index is 8.93.